The van der Waals surface area contributed by atoms with E-state index in [1.807, 2.05) is 0 Å². The number of rotatable bonds is 25. The Hall–Kier alpha value is -0.790. The zero-order valence-corrected chi connectivity index (χ0v) is 23.2. The van der Waals surface area contributed by atoms with Gasteiger partial charge in [0.1, 0.15) is 12.4 Å². The highest BCUT2D eigenvalue weighted by Crippen LogP contribution is 2.14. The topological polar surface area (TPSA) is 8.81 Å². The van der Waals surface area contributed by atoms with Crippen molar-refractivity contribution in [3.8, 4) is 0 Å². The maximum Gasteiger partial charge on any atom is 0.256 e. The molecule has 1 aromatic rings. The van der Waals surface area contributed by atoms with Crippen LogP contribution in [-0.4, -0.2) is 4.57 Å². The lowest BCUT2D eigenvalue weighted by Gasteiger charge is -2.06. The molecule has 1 rings (SSSR count). The van der Waals surface area contributed by atoms with Crippen LogP contribution in [-0.2, 0) is 19.5 Å². The number of nitrogens with zero attached hydrogens (tertiary/aromatic N) is 2. The highest BCUT2D eigenvalue weighted by molar-refractivity contribution is 4.84. The molecule has 1 heterocycles. The summed E-state index contributed by atoms with van der Waals surface area (Å²) in [6.45, 7) is 9.35. The Kier molecular flexibility index (Phi) is 21.1. The van der Waals surface area contributed by atoms with Crippen LogP contribution in [0, 0.1) is 0 Å². The minimum Gasteiger partial charge on any atom is -0.234 e. The van der Waals surface area contributed by atoms with Crippen molar-refractivity contribution < 1.29 is 4.57 Å². The Morgan fingerprint density at radius 2 is 0.939 bits per heavy atom. The normalized spacial score (nSPS) is 11.5. The minimum atomic E-state index is 1.21. The summed E-state index contributed by atoms with van der Waals surface area (Å²) in [6, 6.07) is 0. The Bertz CT molecular complexity index is 519. The summed E-state index contributed by atoms with van der Waals surface area (Å²) in [5, 5.41) is 0. The van der Waals surface area contributed by atoms with Gasteiger partial charge in [-0.3, -0.25) is 0 Å². The van der Waals surface area contributed by atoms with Crippen molar-refractivity contribution >= 4 is 0 Å². The molecule has 0 unspecified atom stereocenters. The van der Waals surface area contributed by atoms with Crippen LogP contribution in [0.15, 0.2) is 12.4 Å². The average molecular weight is 462 g/mol. The number of aromatic nitrogens is 2. The Balaban J connectivity index is 2.05. The zero-order chi connectivity index (χ0) is 23.8. The zero-order valence-electron chi connectivity index (χ0n) is 23.2. The Labute approximate surface area is 208 Å². The predicted octanol–water partition coefficient (Wildman–Crippen LogP) is 9.96. The third-order valence-corrected chi connectivity index (χ3v) is 7.35. The quantitative estimate of drug-likeness (QED) is 0.101. The molecule has 0 bridgehead atoms. The summed E-state index contributed by atoms with van der Waals surface area (Å²) in [4.78, 5) is 0. The van der Waals surface area contributed by atoms with Gasteiger partial charge in [0.2, 0.25) is 0 Å². The van der Waals surface area contributed by atoms with E-state index >= 15 is 0 Å². The molecule has 0 aromatic carbocycles. The van der Waals surface area contributed by atoms with Gasteiger partial charge in [0, 0.05) is 6.42 Å². The summed E-state index contributed by atoms with van der Waals surface area (Å²) < 4.78 is 5.13. The minimum absolute atomic E-state index is 1.21. The van der Waals surface area contributed by atoms with E-state index in [4.69, 9.17) is 0 Å². The van der Waals surface area contributed by atoms with Crippen molar-refractivity contribution in [2.24, 2.45) is 0 Å². The lowest BCUT2D eigenvalue weighted by atomic mass is 10.0. The molecule has 2 nitrogen and oxygen atoms in total. The summed E-state index contributed by atoms with van der Waals surface area (Å²) in [5.74, 6) is 1.58. The van der Waals surface area contributed by atoms with E-state index in [1.165, 1.54) is 161 Å². The lowest BCUT2D eigenvalue weighted by Crippen LogP contribution is -2.37. The first kappa shape index (κ1) is 30.2. The largest absolute Gasteiger partial charge is 0.256 e. The Morgan fingerprint density at radius 1 is 0.515 bits per heavy atom. The van der Waals surface area contributed by atoms with Crippen molar-refractivity contribution in [2.75, 3.05) is 0 Å². The fourth-order valence-corrected chi connectivity index (χ4v) is 5.09. The van der Waals surface area contributed by atoms with Crippen molar-refractivity contribution in [3.63, 3.8) is 0 Å². The van der Waals surface area contributed by atoms with Crippen molar-refractivity contribution in [1.29, 1.82) is 0 Å². The Morgan fingerprint density at radius 3 is 1.45 bits per heavy atom. The first-order valence-electron chi connectivity index (χ1n) is 15.4. The molecule has 0 radical (unpaired) electrons. The maximum absolute atomic E-state index is 2.57. The van der Waals surface area contributed by atoms with Crippen LogP contribution in [0.4, 0.5) is 0 Å². The molecule has 0 aliphatic heterocycles. The van der Waals surface area contributed by atoms with Crippen LogP contribution in [0.1, 0.15) is 168 Å². The molecular formula is C31H61N2+. The summed E-state index contributed by atoms with van der Waals surface area (Å²) in [7, 11) is 0. The number of aryl methyl sites for hydroxylation is 2. The maximum atomic E-state index is 2.57. The SMILES string of the molecule is CCCCCCCCCCCCCCCCCCn1cc[n+](CCCCC)c1CCCCC. The van der Waals surface area contributed by atoms with Gasteiger partial charge < -0.3 is 0 Å². The van der Waals surface area contributed by atoms with E-state index in [-0.39, 0.29) is 0 Å². The van der Waals surface area contributed by atoms with E-state index in [0.717, 1.165) is 0 Å². The number of unbranched alkanes of at least 4 members (excludes halogenated alkanes) is 19. The molecule has 1 aromatic heterocycles. The van der Waals surface area contributed by atoms with Crippen LogP contribution >= 0.6 is 0 Å². The first-order valence-corrected chi connectivity index (χ1v) is 15.4. The monoisotopic (exact) mass is 461 g/mol. The van der Waals surface area contributed by atoms with Gasteiger partial charge in [-0.1, -0.05) is 130 Å². The molecular weight excluding hydrogens is 400 g/mol. The molecule has 0 fully saturated rings. The second-order valence-electron chi connectivity index (χ2n) is 10.6. The standard InChI is InChI=1S/C31H61N2/c1-4-7-10-11-12-13-14-15-16-17-18-19-20-21-22-25-28-33-30-29-32(27-24-9-6-3)31(33)26-23-8-5-2/h29-30H,4-28H2,1-3H3/q+1. The van der Waals surface area contributed by atoms with Gasteiger partial charge in [0.15, 0.2) is 0 Å². The van der Waals surface area contributed by atoms with Gasteiger partial charge >= 0.3 is 0 Å². The van der Waals surface area contributed by atoms with Gasteiger partial charge in [-0.25, -0.2) is 9.13 Å². The van der Waals surface area contributed by atoms with Crippen molar-refractivity contribution in [2.45, 2.75) is 182 Å². The summed E-state index contributed by atoms with van der Waals surface area (Å²) in [5.41, 5.74) is 0. The van der Waals surface area contributed by atoms with Gasteiger partial charge in [-0.15, -0.1) is 0 Å². The van der Waals surface area contributed by atoms with Crippen molar-refractivity contribution in [3.05, 3.63) is 18.2 Å². The molecule has 0 amide bonds. The van der Waals surface area contributed by atoms with E-state index in [9.17, 15) is 0 Å². The predicted molar refractivity (Wildman–Crippen MR) is 147 cm³/mol. The third kappa shape index (κ3) is 16.5. The van der Waals surface area contributed by atoms with Crippen LogP contribution in [0.5, 0.6) is 0 Å². The average Bonchev–Trinajstić information content (AvgIpc) is 3.20. The molecule has 0 spiro atoms. The third-order valence-electron chi connectivity index (χ3n) is 7.35. The van der Waals surface area contributed by atoms with Crippen molar-refractivity contribution in [1.82, 2.24) is 4.57 Å². The van der Waals surface area contributed by atoms with Crippen LogP contribution in [0.25, 0.3) is 0 Å². The van der Waals surface area contributed by atoms with Crippen LogP contribution < -0.4 is 4.57 Å². The molecule has 0 aliphatic carbocycles. The van der Waals surface area contributed by atoms with E-state index in [1.54, 1.807) is 5.82 Å². The molecule has 194 valence electrons. The number of hydrogen-bond donors (Lipinski definition) is 0. The molecule has 2 heteroatoms. The van der Waals surface area contributed by atoms with E-state index in [2.05, 4.69) is 42.3 Å². The van der Waals surface area contributed by atoms with Gasteiger partial charge in [-0.2, -0.15) is 0 Å². The number of imidazole rings is 1. The molecule has 0 aliphatic rings. The molecule has 0 saturated carbocycles. The van der Waals surface area contributed by atoms with Crippen LogP contribution in [0.3, 0.4) is 0 Å². The first-order chi connectivity index (χ1) is 16.3. The molecule has 0 N–H and O–H groups in total. The fourth-order valence-electron chi connectivity index (χ4n) is 5.09. The van der Waals surface area contributed by atoms with E-state index in [0.29, 0.717) is 0 Å². The lowest BCUT2D eigenvalue weighted by molar-refractivity contribution is -0.704. The summed E-state index contributed by atoms with van der Waals surface area (Å²) >= 11 is 0. The second-order valence-corrected chi connectivity index (χ2v) is 10.6. The highest BCUT2D eigenvalue weighted by Gasteiger charge is 2.16. The fraction of sp³-hybridized carbons (Fsp3) is 0.903. The smallest absolute Gasteiger partial charge is 0.234 e. The molecule has 0 saturated heterocycles. The van der Waals surface area contributed by atoms with Gasteiger partial charge in [-0.05, 0) is 32.1 Å². The number of hydrogen-bond acceptors (Lipinski definition) is 0. The second kappa shape index (κ2) is 23.0. The van der Waals surface area contributed by atoms with E-state index < -0.39 is 0 Å². The van der Waals surface area contributed by atoms with Gasteiger partial charge in [0.25, 0.3) is 5.82 Å². The molecule has 33 heavy (non-hydrogen) atoms. The van der Waals surface area contributed by atoms with Crippen LogP contribution in [0.2, 0.25) is 0 Å². The highest BCUT2D eigenvalue weighted by atomic mass is 15.1. The summed E-state index contributed by atoms with van der Waals surface area (Å²) in [6.07, 6.45) is 37.1. The molecule has 0 atom stereocenters. The van der Waals surface area contributed by atoms with Gasteiger partial charge in [0.05, 0.1) is 13.1 Å².